The maximum absolute atomic E-state index is 12.3. The zero-order chi connectivity index (χ0) is 14.7. The lowest BCUT2D eigenvalue weighted by molar-refractivity contribution is 0.102. The minimum absolute atomic E-state index is 0.0492. The summed E-state index contributed by atoms with van der Waals surface area (Å²) in [4.78, 5) is 12.3. The molecular formula is C15H19N3O2. The number of para-hydroxylation sites is 2. The molecule has 0 spiro atoms. The van der Waals surface area contributed by atoms with Gasteiger partial charge in [-0.3, -0.25) is 9.48 Å². The van der Waals surface area contributed by atoms with Crippen molar-refractivity contribution in [3.8, 4) is 5.75 Å². The highest BCUT2D eigenvalue weighted by molar-refractivity contribution is 6.05. The molecule has 20 heavy (non-hydrogen) atoms. The van der Waals surface area contributed by atoms with E-state index in [1.165, 1.54) is 0 Å². The number of nitrogens with zero attached hydrogens (tertiary/aromatic N) is 2. The molecule has 0 saturated heterocycles. The van der Waals surface area contributed by atoms with Crippen LogP contribution in [0.15, 0.2) is 30.5 Å². The quantitative estimate of drug-likeness (QED) is 0.932. The Morgan fingerprint density at radius 1 is 1.35 bits per heavy atom. The second-order valence-electron chi connectivity index (χ2n) is 4.92. The van der Waals surface area contributed by atoms with Gasteiger partial charge in [0, 0.05) is 13.2 Å². The van der Waals surface area contributed by atoms with Crippen LogP contribution in [-0.4, -0.2) is 21.8 Å². The van der Waals surface area contributed by atoms with Gasteiger partial charge in [0.2, 0.25) is 0 Å². The van der Waals surface area contributed by atoms with Gasteiger partial charge >= 0.3 is 0 Å². The molecule has 1 aromatic heterocycles. The zero-order valence-electron chi connectivity index (χ0n) is 12.2. The lowest BCUT2D eigenvalue weighted by atomic mass is 10.2. The van der Waals surface area contributed by atoms with E-state index >= 15 is 0 Å². The molecule has 2 rings (SSSR count). The number of hydrogen-bond acceptors (Lipinski definition) is 3. The Morgan fingerprint density at radius 3 is 2.65 bits per heavy atom. The normalized spacial score (nSPS) is 10.7. The molecule has 1 N–H and O–H groups in total. The monoisotopic (exact) mass is 273 g/mol. The first-order valence-electron chi connectivity index (χ1n) is 6.54. The van der Waals surface area contributed by atoms with Crippen LogP contribution in [0.2, 0.25) is 0 Å². The molecule has 0 unspecified atom stereocenters. The Balaban J connectivity index is 2.22. The van der Waals surface area contributed by atoms with Gasteiger partial charge in [0.15, 0.2) is 0 Å². The van der Waals surface area contributed by atoms with Crippen LogP contribution in [0.1, 0.15) is 29.9 Å². The van der Waals surface area contributed by atoms with Gasteiger partial charge in [0.1, 0.15) is 5.75 Å². The average Bonchev–Trinajstić information content (AvgIpc) is 2.70. The molecule has 1 aromatic carbocycles. The van der Waals surface area contributed by atoms with Crippen molar-refractivity contribution in [2.24, 2.45) is 7.05 Å². The molecule has 106 valence electrons. The molecule has 5 nitrogen and oxygen atoms in total. The van der Waals surface area contributed by atoms with Crippen LogP contribution in [0.5, 0.6) is 5.75 Å². The molecule has 0 aliphatic rings. The summed E-state index contributed by atoms with van der Waals surface area (Å²) in [5.41, 5.74) is 1.92. The number of amides is 1. The summed E-state index contributed by atoms with van der Waals surface area (Å²) in [7, 11) is 1.79. The van der Waals surface area contributed by atoms with Crippen LogP contribution in [0.25, 0.3) is 0 Å². The predicted molar refractivity (Wildman–Crippen MR) is 78.1 cm³/mol. The third-order valence-electron chi connectivity index (χ3n) is 2.76. The van der Waals surface area contributed by atoms with Crippen molar-refractivity contribution < 1.29 is 9.53 Å². The molecule has 0 atom stereocenters. The van der Waals surface area contributed by atoms with Crippen molar-refractivity contribution >= 4 is 11.6 Å². The van der Waals surface area contributed by atoms with Gasteiger partial charge < -0.3 is 10.1 Å². The molecule has 0 aliphatic carbocycles. The minimum Gasteiger partial charge on any atom is -0.489 e. The first-order valence-corrected chi connectivity index (χ1v) is 6.54. The van der Waals surface area contributed by atoms with Crippen LogP contribution >= 0.6 is 0 Å². The number of aromatic nitrogens is 2. The molecule has 0 bridgehead atoms. The molecule has 5 heteroatoms. The predicted octanol–water partition coefficient (Wildman–Crippen LogP) is 2.77. The van der Waals surface area contributed by atoms with Crippen molar-refractivity contribution in [2.45, 2.75) is 26.9 Å². The third kappa shape index (κ3) is 3.17. The Morgan fingerprint density at radius 2 is 2.05 bits per heavy atom. The van der Waals surface area contributed by atoms with Gasteiger partial charge in [0.05, 0.1) is 23.0 Å². The highest BCUT2D eigenvalue weighted by Crippen LogP contribution is 2.25. The molecule has 1 amide bonds. The fourth-order valence-corrected chi connectivity index (χ4v) is 1.94. The number of carbonyl (C=O) groups is 1. The Labute approximate surface area is 118 Å². The van der Waals surface area contributed by atoms with Gasteiger partial charge in [0.25, 0.3) is 5.91 Å². The molecule has 0 aliphatic heterocycles. The lowest BCUT2D eigenvalue weighted by Gasteiger charge is -2.14. The van der Waals surface area contributed by atoms with Crippen molar-refractivity contribution in [1.29, 1.82) is 0 Å². The summed E-state index contributed by atoms with van der Waals surface area (Å²) in [6.45, 7) is 5.71. The van der Waals surface area contributed by atoms with Crippen molar-refractivity contribution in [1.82, 2.24) is 9.78 Å². The average molecular weight is 273 g/mol. The summed E-state index contributed by atoms with van der Waals surface area (Å²) in [5.74, 6) is 0.479. The van der Waals surface area contributed by atoms with Gasteiger partial charge in [-0.25, -0.2) is 0 Å². The molecule has 1 heterocycles. The first-order chi connectivity index (χ1) is 9.47. The number of rotatable bonds is 4. The first kappa shape index (κ1) is 14.1. The molecule has 0 radical (unpaired) electrons. The van der Waals surface area contributed by atoms with Crippen molar-refractivity contribution in [3.05, 3.63) is 41.7 Å². The zero-order valence-corrected chi connectivity index (χ0v) is 12.2. The number of hydrogen-bond donors (Lipinski definition) is 1. The summed E-state index contributed by atoms with van der Waals surface area (Å²) < 4.78 is 7.31. The number of benzene rings is 1. The Bertz CT molecular complexity index is 617. The topological polar surface area (TPSA) is 56.2 Å². The summed E-state index contributed by atoms with van der Waals surface area (Å²) in [6, 6.07) is 7.40. The number of anilines is 1. The van der Waals surface area contributed by atoms with E-state index in [1.807, 2.05) is 45.0 Å². The van der Waals surface area contributed by atoms with E-state index in [4.69, 9.17) is 4.74 Å². The largest absolute Gasteiger partial charge is 0.489 e. The number of nitrogens with one attached hydrogen (secondary N) is 1. The summed E-state index contributed by atoms with van der Waals surface area (Å²) >= 11 is 0. The van der Waals surface area contributed by atoms with Crippen molar-refractivity contribution in [2.75, 3.05) is 5.32 Å². The SMILES string of the molecule is Cc1nn(C)cc1C(=O)Nc1ccccc1OC(C)C. The second kappa shape index (κ2) is 5.77. The van der Waals surface area contributed by atoms with Crippen LogP contribution < -0.4 is 10.1 Å². The van der Waals surface area contributed by atoms with Crippen LogP contribution in [0.4, 0.5) is 5.69 Å². The molecule has 0 saturated carbocycles. The van der Waals surface area contributed by atoms with Crippen LogP contribution in [-0.2, 0) is 7.05 Å². The number of ether oxygens (including phenoxy) is 1. The highest BCUT2D eigenvalue weighted by atomic mass is 16.5. The summed E-state index contributed by atoms with van der Waals surface area (Å²) in [5, 5.41) is 7.04. The fraction of sp³-hybridized carbons (Fsp3) is 0.333. The van der Waals surface area contributed by atoms with Gasteiger partial charge in [-0.2, -0.15) is 5.10 Å². The fourth-order valence-electron chi connectivity index (χ4n) is 1.94. The van der Waals surface area contributed by atoms with Crippen LogP contribution in [0.3, 0.4) is 0 Å². The van der Waals surface area contributed by atoms with Gasteiger partial charge in [-0.1, -0.05) is 12.1 Å². The van der Waals surface area contributed by atoms with E-state index in [1.54, 1.807) is 17.9 Å². The second-order valence-corrected chi connectivity index (χ2v) is 4.92. The van der Waals surface area contributed by atoms with E-state index < -0.39 is 0 Å². The van der Waals surface area contributed by atoms with E-state index in [-0.39, 0.29) is 12.0 Å². The standard InChI is InChI=1S/C15H19N3O2/c1-10(2)20-14-8-6-5-7-13(14)16-15(19)12-9-18(4)17-11(12)3/h5-10H,1-4H3,(H,16,19). The maximum atomic E-state index is 12.3. The highest BCUT2D eigenvalue weighted by Gasteiger charge is 2.14. The van der Waals surface area contributed by atoms with Crippen molar-refractivity contribution in [3.63, 3.8) is 0 Å². The van der Waals surface area contributed by atoms with Crippen LogP contribution in [0, 0.1) is 6.92 Å². The smallest absolute Gasteiger partial charge is 0.259 e. The van der Waals surface area contributed by atoms with Gasteiger partial charge in [-0.05, 0) is 32.9 Å². The maximum Gasteiger partial charge on any atom is 0.259 e. The van der Waals surface area contributed by atoms with E-state index in [9.17, 15) is 4.79 Å². The number of aryl methyl sites for hydroxylation is 2. The molecular weight excluding hydrogens is 254 g/mol. The third-order valence-corrected chi connectivity index (χ3v) is 2.76. The van der Waals surface area contributed by atoms with Gasteiger partial charge in [-0.15, -0.1) is 0 Å². The molecule has 2 aromatic rings. The number of carbonyl (C=O) groups excluding carboxylic acids is 1. The Hall–Kier alpha value is -2.30. The minimum atomic E-state index is -0.185. The Kier molecular flexibility index (Phi) is 4.08. The summed E-state index contributed by atoms with van der Waals surface area (Å²) in [6.07, 6.45) is 1.75. The molecule has 0 fully saturated rings. The lowest BCUT2D eigenvalue weighted by Crippen LogP contribution is -2.14. The van der Waals surface area contributed by atoms with E-state index in [0.717, 1.165) is 0 Å². The van der Waals surface area contributed by atoms with E-state index in [2.05, 4.69) is 10.4 Å². The van der Waals surface area contributed by atoms with E-state index in [0.29, 0.717) is 22.7 Å².